The molecule has 1 fully saturated rings. The third kappa shape index (κ3) is 6.40. The summed E-state index contributed by atoms with van der Waals surface area (Å²) in [7, 11) is 3.18. The molecule has 1 N–H and O–H groups in total. The second-order valence-electron chi connectivity index (χ2n) is 7.94. The van der Waals surface area contributed by atoms with E-state index in [1.165, 1.54) is 18.2 Å². The zero-order chi connectivity index (χ0) is 22.2. The number of nitrogens with one attached hydrogen (secondary N) is 1. The minimum absolute atomic E-state index is 0.0184. The van der Waals surface area contributed by atoms with Crippen molar-refractivity contribution in [2.75, 3.05) is 27.3 Å². The van der Waals surface area contributed by atoms with Crippen LogP contribution in [0.25, 0.3) is 0 Å². The molecule has 2 aromatic rings. The van der Waals surface area contributed by atoms with Crippen molar-refractivity contribution in [1.29, 1.82) is 0 Å². The number of nitrogens with zero attached hydrogens (tertiary/aromatic N) is 1. The van der Waals surface area contributed by atoms with Gasteiger partial charge in [-0.05, 0) is 56.0 Å². The van der Waals surface area contributed by atoms with Gasteiger partial charge in [-0.15, -0.1) is 0 Å². The van der Waals surface area contributed by atoms with Crippen molar-refractivity contribution >= 4 is 5.91 Å². The van der Waals surface area contributed by atoms with E-state index in [0.717, 1.165) is 37.9 Å². The Morgan fingerprint density at radius 1 is 1.16 bits per heavy atom. The quantitative estimate of drug-likeness (QED) is 0.642. The molecule has 0 saturated carbocycles. The van der Waals surface area contributed by atoms with Crippen LogP contribution in [-0.2, 0) is 17.9 Å². The number of piperidine rings is 1. The highest BCUT2D eigenvalue weighted by atomic mass is 19.1. The minimum atomic E-state index is -0.504. The highest BCUT2D eigenvalue weighted by Crippen LogP contribution is 2.25. The van der Waals surface area contributed by atoms with E-state index in [-0.39, 0.29) is 18.0 Å². The number of hydrogen-bond acceptors (Lipinski definition) is 4. The van der Waals surface area contributed by atoms with Gasteiger partial charge in [0.15, 0.2) is 0 Å². The van der Waals surface area contributed by atoms with Gasteiger partial charge in [0.1, 0.15) is 23.1 Å². The summed E-state index contributed by atoms with van der Waals surface area (Å²) in [6.45, 7) is 2.20. The Balaban J connectivity index is 1.46. The van der Waals surface area contributed by atoms with Crippen LogP contribution in [0.5, 0.6) is 11.5 Å². The first-order valence-corrected chi connectivity index (χ1v) is 10.6. The number of amides is 1. The first-order chi connectivity index (χ1) is 15.0. The van der Waals surface area contributed by atoms with E-state index in [9.17, 15) is 13.6 Å². The molecule has 0 aliphatic carbocycles. The van der Waals surface area contributed by atoms with Gasteiger partial charge >= 0.3 is 0 Å². The number of methoxy groups -OCH3 is 2. The van der Waals surface area contributed by atoms with Gasteiger partial charge in [0, 0.05) is 43.2 Å². The number of hydrogen-bond donors (Lipinski definition) is 1. The predicted molar refractivity (Wildman–Crippen MR) is 115 cm³/mol. The van der Waals surface area contributed by atoms with Crippen LogP contribution in [0, 0.1) is 17.6 Å². The van der Waals surface area contributed by atoms with Gasteiger partial charge in [-0.3, -0.25) is 9.69 Å². The fourth-order valence-electron chi connectivity index (χ4n) is 4.05. The van der Waals surface area contributed by atoms with E-state index < -0.39 is 11.6 Å². The summed E-state index contributed by atoms with van der Waals surface area (Å²) in [5.41, 5.74) is 1.00. The van der Waals surface area contributed by atoms with Crippen LogP contribution in [0.4, 0.5) is 8.78 Å². The Morgan fingerprint density at radius 2 is 1.94 bits per heavy atom. The fourth-order valence-corrected chi connectivity index (χ4v) is 4.05. The zero-order valence-electron chi connectivity index (χ0n) is 18.1. The van der Waals surface area contributed by atoms with Gasteiger partial charge in [0.05, 0.1) is 14.2 Å². The second kappa shape index (κ2) is 11.1. The molecule has 0 spiro atoms. The summed E-state index contributed by atoms with van der Waals surface area (Å²) >= 11 is 0. The number of carbonyl (C=O) groups excluding carboxylic acids is 1. The standard InChI is InChI=1S/C24H30F2N2O3/c1-30-19-10-9-18(23(13-19)31-2)14-27-24(29)11-8-17-5-4-12-28(15-17)16-20-21(25)6-3-7-22(20)26/h3,6-7,9-10,13,17H,4-5,8,11-12,14-16H2,1-2H3,(H,27,29)/t17-/m1/s1. The summed E-state index contributed by atoms with van der Waals surface area (Å²) in [5, 5.41) is 2.94. The molecule has 0 aromatic heterocycles. The summed E-state index contributed by atoms with van der Waals surface area (Å²) in [4.78, 5) is 14.4. The van der Waals surface area contributed by atoms with Crippen molar-refractivity contribution in [1.82, 2.24) is 10.2 Å². The van der Waals surface area contributed by atoms with Crippen LogP contribution in [0.15, 0.2) is 36.4 Å². The van der Waals surface area contributed by atoms with Crippen LogP contribution in [0.3, 0.4) is 0 Å². The predicted octanol–water partition coefficient (Wildman–Crippen LogP) is 4.29. The Bertz CT molecular complexity index is 871. The van der Waals surface area contributed by atoms with Gasteiger partial charge in [-0.1, -0.05) is 6.07 Å². The van der Waals surface area contributed by atoms with E-state index in [0.29, 0.717) is 30.4 Å². The summed E-state index contributed by atoms with van der Waals surface area (Å²) in [5.74, 6) is 0.679. The van der Waals surface area contributed by atoms with Crippen LogP contribution in [0.1, 0.15) is 36.8 Å². The molecule has 0 unspecified atom stereocenters. The summed E-state index contributed by atoms with van der Waals surface area (Å²) in [6.07, 6.45) is 3.16. The molecular formula is C24H30F2N2O3. The largest absolute Gasteiger partial charge is 0.497 e. The topological polar surface area (TPSA) is 50.8 Å². The summed E-state index contributed by atoms with van der Waals surface area (Å²) in [6, 6.07) is 9.46. The normalized spacial score (nSPS) is 16.7. The maximum atomic E-state index is 13.9. The highest BCUT2D eigenvalue weighted by molar-refractivity contribution is 5.75. The fraction of sp³-hybridized carbons (Fsp3) is 0.458. The molecule has 1 amide bonds. The smallest absolute Gasteiger partial charge is 0.220 e. The Hall–Kier alpha value is -2.67. The molecule has 5 nitrogen and oxygen atoms in total. The lowest BCUT2D eigenvalue weighted by Gasteiger charge is -2.32. The van der Waals surface area contributed by atoms with Crippen molar-refractivity contribution in [3.05, 3.63) is 59.2 Å². The molecule has 1 saturated heterocycles. The van der Waals surface area contributed by atoms with E-state index in [4.69, 9.17) is 9.47 Å². The molecule has 1 aliphatic rings. The van der Waals surface area contributed by atoms with Gasteiger partial charge in [-0.25, -0.2) is 8.78 Å². The molecule has 0 bridgehead atoms. The maximum absolute atomic E-state index is 13.9. The summed E-state index contributed by atoms with van der Waals surface area (Å²) < 4.78 is 38.4. The zero-order valence-corrected chi connectivity index (χ0v) is 18.1. The van der Waals surface area contributed by atoms with Gasteiger partial charge in [0.25, 0.3) is 0 Å². The number of carbonyl (C=O) groups is 1. The van der Waals surface area contributed by atoms with Gasteiger partial charge < -0.3 is 14.8 Å². The first-order valence-electron chi connectivity index (χ1n) is 10.6. The molecule has 168 valence electrons. The maximum Gasteiger partial charge on any atom is 0.220 e. The van der Waals surface area contributed by atoms with Crippen LogP contribution >= 0.6 is 0 Å². The number of halogens is 2. The van der Waals surface area contributed by atoms with E-state index in [1.807, 2.05) is 12.1 Å². The van der Waals surface area contributed by atoms with E-state index in [2.05, 4.69) is 10.2 Å². The average molecular weight is 433 g/mol. The van der Waals surface area contributed by atoms with Crippen LogP contribution < -0.4 is 14.8 Å². The van der Waals surface area contributed by atoms with Crippen LogP contribution in [0.2, 0.25) is 0 Å². The highest BCUT2D eigenvalue weighted by Gasteiger charge is 2.22. The molecule has 1 aliphatic heterocycles. The molecule has 1 atom stereocenters. The Labute approximate surface area is 182 Å². The lowest BCUT2D eigenvalue weighted by molar-refractivity contribution is -0.121. The second-order valence-corrected chi connectivity index (χ2v) is 7.94. The van der Waals surface area contributed by atoms with Crippen molar-refractivity contribution in [2.45, 2.75) is 38.8 Å². The SMILES string of the molecule is COc1ccc(CNC(=O)CC[C@H]2CCCN(Cc3c(F)cccc3F)C2)c(OC)c1. The van der Waals surface area contributed by atoms with Crippen molar-refractivity contribution in [3.8, 4) is 11.5 Å². The minimum Gasteiger partial charge on any atom is -0.497 e. The van der Waals surface area contributed by atoms with Gasteiger partial charge in [-0.2, -0.15) is 0 Å². The number of benzene rings is 2. The molecular weight excluding hydrogens is 402 g/mol. The monoisotopic (exact) mass is 432 g/mol. The number of likely N-dealkylation sites (tertiary alicyclic amines) is 1. The van der Waals surface area contributed by atoms with Crippen molar-refractivity contribution in [2.24, 2.45) is 5.92 Å². The number of rotatable bonds is 9. The van der Waals surface area contributed by atoms with Crippen molar-refractivity contribution < 1.29 is 23.0 Å². The number of ether oxygens (including phenoxy) is 2. The lowest BCUT2D eigenvalue weighted by atomic mass is 9.93. The van der Waals surface area contributed by atoms with Crippen LogP contribution in [-0.4, -0.2) is 38.1 Å². The molecule has 2 aromatic carbocycles. The molecule has 7 heteroatoms. The Morgan fingerprint density at radius 3 is 2.65 bits per heavy atom. The molecule has 31 heavy (non-hydrogen) atoms. The Kier molecular flexibility index (Phi) is 8.23. The lowest BCUT2D eigenvalue weighted by Crippen LogP contribution is -2.36. The first kappa shape index (κ1) is 23.0. The third-order valence-electron chi connectivity index (χ3n) is 5.80. The van der Waals surface area contributed by atoms with E-state index in [1.54, 1.807) is 20.3 Å². The third-order valence-corrected chi connectivity index (χ3v) is 5.80. The molecule has 3 rings (SSSR count). The molecule has 1 heterocycles. The average Bonchev–Trinajstić information content (AvgIpc) is 2.79. The van der Waals surface area contributed by atoms with Crippen molar-refractivity contribution in [3.63, 3.8) is 0 Å². The molecule has 0 radical (unpaired) electrons. The van der Waals surface area contributed by atoms with E-state index >= 15 is 0 Å². The van der Waals surface area contributed by atoms with Gasteiger partial charge in [0.2, 0.25) is 5.91 Å².